The van der Waals surface area contributed by atoms with Gasteiger partial charge in [0.05, 0.1) is 0 Å². The monoisotopic (exact) mass is 492 g/mol. The number of unbranched alkanes of at least 4 members (excludes halogenated alkanes) is 10. The maximum atomic E-state index is 11.7. The molecule has 6 heteroatoms. The van der Waals surface area contributed by atoms with E-state index >= 15 is 0 Å². The van der Waals surface area contributed by atoms with Gasteiger partial charge in [-0.3, -0.25) is 0 Å². The van der Waals surface area contributed by atoms with Crippen molar-refractivity contribution in [3.63, 3.8) is 0 Å². The Morgan fingerprint density at radius 1 is 0.714 bits per heavy atom. The molecule has 156 valence electrons. The van der Waals surface area contributed by atoms with Crippen LogP contribution in [0, 0.1) is 0 Å². The Kier molecular flexibility index (Phi) is 17.9. The van der Waals surface area contributed by atoms with Crippen LogP contribution in [0.3, 0.4) is 0 Å². The van der Waals surface area contributed by atoms with Crippen LogP contribution in [0.1, 0.15) is 102 Å². The first kappa shape index (κ1) is 28.7. The third-order valence-corrected chi connectivity index (χ3v) is 5.76. The van der Waals surface area contributed by atoms with E-state index in [0.717, 1.165) is 12.8 Å². The molecule has 0 spiro atoms. The number of benzene rings is 1. The Hall–Kier alpha value is 0.733. The van der Waals surface area contributed by atoms with E-state index in [1.165, 1.54) is 88.2 Å². The van der Waals surface area contributed by atoms with Crippen LogP contribution < -0.4 is 9.42 Å². The molecule has 2 nitrogen and oxygen atoms in total. The summed E-state index contributed by atoms with van der Waals surface area (Å²) in [6.07, 6.45) is 14.1. The molecule has 0 saturated carbocycles. The summed E-state index contributed by atoms with van der Waals surface area (Å²) in [5.41, 5.74) is 2.50. The van der Waals surface area contributed by atoms with E-state index in [1.807, 2.05) is 12.1 Å². The summed E-state index contributed by atoms with van der Waals surface area (Å²) in [6.45, 7) is 4.49. The van der Waals surface area contributed by atoms with Gasteiger partial charge in [0.1, 0.15) is 0 Å². The maximum absolute atomic E-state index is 11.7. The van der Waals surface area contributed by atoms with Gasteiger partial charge in [-0.2, -0.15) is 0 Å². The molecular weight excluding hydrogens is 457 g/mol. The average Bonchev–Trinajstić information content (AvgIpc) is 2.59. The van der Waals surface area contributed by atoms with Crippen LogP contribution in [0.2, 0.25) is 0 Å². The normalized spacial score (nSPS) is 11.3. The summed E-state index contributed by atoms with van der Waals surface area (Å²) in [5.74, 6) is 0.591. The van der Waals surface area contributed by atoms with Crippen LogP contribution in [0.4, 0.5) is 0 Å². The first-order valence-electron chi connectivity index (χ1n) is 10.8. The summed E-state index contributed by atoms with van der Waals surface area (Å²) in [5, 5.41) is 0. The van der Waals surface area contributed by atoms with Crippen molar-refractivity contribution in [3.05, 3.63) is 29.3 Å². The Bertz CT molecular complexity index is 476. The smallest absolute Gasteiger partial charge is 0.682 e. The van der Waals surface area contributed by atoms with Gasteiger partial charge in [0, 0.05) is 0 Å². The van der Waals surface area contributed by atoms with Crippen LogP contribution in [-0.2, 0) is 56.8 Å². The standard InChI is InChI=1S/C22H39O2PS2.Zn/c1-3-5-7-9-11-13-15-20-17-21(16-14-12-10-8-6-4-2)19-22(18-20)24-25(23,26)27;/h17-19H,3-16H2,1-2H3,(H2,23,26,27);/q;+2/p-2. The molecule has 1 aromatic rings. The first-order chi connectivity index (χ1) is 12.9. The van der Waals surface area contributed by atoms with Crippen molar-refractivity contribution in [3.8, 4) is 5.75 Å². The van der Waals surface area contributed by atoms with Crippen molar-refractivity contribution in [1.82, 2.24) is 0 Å². The topological polar surface area (TPSA) is 32.3 Å². The van der Waals surface area contributed by atoms with Crippen molar-refractivity contribution in [2.45, 2.75) is 104 Å². The van der Waals surface area contributed by atoms with E-state index in [1.54, 1.807) is 0 Å². The number of aryl methyl sites for hydroxylation is 2. The molecule has 0 aromatic heterocycles. The van der Waals surface area contributed by atoms with Crippen molar-refractivity contribution < 1.29 is 28.9 Å². The predicted octanol–water partition coefficient (Wildman–Crippen LogP) is 7.00. The quantitative estimate of drug-likeness (QED) is 0.107. The average molecular weight is 494 g/mol. The third kappa shape index (κ3) is 15.6. The third-order valence-electron chi connectivity index (χ3n) is 4.88. The van der Waals surface area contributed by atoms with Gasteiger partial charge < -0.3 is 33.9 Å². The largest absolute Gasteiger partial charge is 2.00 e. The fourth-order valence-electron chi connectivity index (χ4n) is 3.42. The summed E-state index contributed by atoms with van der Waals surface area (Å²) < 4.78 is 5.39. The van der Waals surface area contributed by atoms with E-state index in [9.17, 15) is 4.89 Å². The van der Waals surface area contributed by atoms with E-state index in [-0.39, 0.29) is 19.5 Å². The molecule has 0 radical (unpaired) electrons. The van der Waals surface area contributed by atoms with Gasteiger partial charge in [0.2, 0.25) is 0 Å². The second kappa shape index (κ2) is 17.4. The second-order valence-corrected chi connectivity index (χ2v) is 12.2. The zero-order valence-electron chi connectivity index (χ0n) is 17.9. The van der Waals surface area contributed by atoms with Gasteiger partial charge >= 0.3 is 19.5 Å². The van der Waals surface area contributed by atoms with Crippen molar-refractivity contribution in [2.24, 2.45) is 0 Å². The number of hydrogen-bond donors (Lipinski definition) is 0. The Labute approximate surface area is 197 Å². The summed E-state index contributed by atoms with van der Waals surface area (Å²) >= 11 is 9.59. The molecule has 0 atom stereocenters. The second-order valence-electron chi connectivity index (χ2n) is 7.56. The summed E-state index contributed by atoms with van der Waals surface area (Å²) in [7, 11) is 0. The van der Waals surface area contributed by atoms with Crippen molar-refractivity contribution in [1.29, 1.82) is 0 Å². The van der Waals surface area contributed by atoms with Gasteiger partial charge in [-0.15, -0.1) is 6.12 Å². The molecular formula is C22H37O2PS2Zn. The fourth-order valence-corrected chi connectivity index (χ4v) is 4.30. The van der Waals surface area contributed by atoms with Crippen molar-refractivity contribution >= 4 is 30.6 Å². The van der Waals surface area contributed by atoms with E-state index in [2.05, 4.69) is 19.9 Å². The molecule has 0 aliphatic heterocycles. The Morgan fingerprint density at radius 2 is 1.11 bits per heavy atom. The van der Waals surface area contributed by atoms with E-state index in [4.69, 9.17) is 29.0 Å². The van der Waals surface area contributed by atoms with Gasteiger partial charge in [-0.1, -0.05) is 84.1 Å². The van der Waals surface area contributed by atoms with Gasteiger partial charge in [-0.25, -0.2) is 0 Å². The molecule has 0 saturated heterocycles. The molecule has 0 aliphatic carbocycles. The molecule has 0 bridgehead atoms. The first-order valence-corrected chi connectivity index (χ1v) is 14.4. The number of hydrogen-bond acceptors (Lipinski definition) is 4. The van der Waals surface area contributed by atoms with Crippen LogP contribution in [0.5, 0.6) is 5.75 Å². The predicted molar refractivity (Wildman–Crippen MR) is 123 cm³/mol. The number of rotatable bonds is 16. The zero-order chi connectivity index (χ0) is 20.0. The van der Waals surface area contributed by atoms with Gasteiger partial charge in [0.25, 0.3) is 0 Å². The molecule has 0 fully saturated rings. The van der Waals surface area contributed by atoms with Crippen LogP contribution in [0.25, 0.3) is 0 Å². The van der Waals surface area contributed by atoms with Crippen LogP contribution in [0.15, 0.2) is 18.2 Å². The van der Waals surface area contributed by atoms with E-state index in [0.29, 0.717) is 5.75 Å². The Balaban J connectivity index is 0.00000729. The SMILES string of the molecule is CCCCCCCCc1cc(CCCCCCCC)cc(O[P+]([O-])([S-])[S-])c1.[Zn+2]. The zero-order valence-corrected chi connectivity index (χ0v) is 23.4. The fraction of sp³-hybridized carbons (Fsp3) is 0.727. The molecule has 1 rings (SSSR count). The van der Waals surface area contributed by atoms with Crippen LogP contribution >= 0.6 is 6.12 Å². The van der Waals surface area contributed by atoms with Crippen LogP contribution in [-0.4, -0.2) is 0 Å². The molecule has 0 aliphatic rings. The summed E-state index contributed by atoms with van der Waals surface area (Å²) in [4.78, 5) is 11.7. The molecule has 0 N–H and O–H groups in total. The summed E-state index contributed by atoms with van der Waals surface area (Å²) in [6, 6.07) is 6.23. The molecule has 0 heterocycles. The minimum absolute atomic E-state index is 0. The minimum atomic E-state index is -3.35. The molecule has 1 aromatic carbocycles. The van der Waals surface area contributed by atoms with Gasteiger partial charge in [0.15, 0.2) is 5.75 Å². The van der Waals surface area contributed by atoms with Crippen molar-refractivity contribution in [2.75, 3.05) is 0 Å². The Morgan fingerprint density at radius 3 is 1.50 bits per heavy atom. The molecule has 28 heavy (non-hydrogen) atoms. The minimum Gasteiger partial charge on any atom is -0.682 e. The maximum Gasteiger partial charge on any atom is 2.00 e. The van der Waals surface area contributed by atoms with E-state index < -0.39 is 6.12 Å². The molecule has 0 amide bonds. The molecule has 0 unspecified atom stereocenters. The van der Waals surface area contributed by atoms with Gasteiger partial charge in [-0.05, 0) is 48.9 Å².